The number of nitrogens with one attached hydrogen (secondary N) is 1. The summed E-state index contributed by atoms with van der Waals surface area (Å²) in [6.45, 7) is 7.16. The van der Waals surface area contributed by atoms with Gasteiger partial charge in [-0.15, -0.1) is 0 Å². The Hall–Kier alpha value is -1.15. The molecule has 1 atom stereocenters. The summed E-state index contributed by atoms with van der Waals surface area (Å²) in [5.74, 6) is -0.178. The normalized spacial score (nSPS) is 12.2. The van der Waals surface area contributed by atoms with E-state index in [0.29, 0.717) is 6.04 Å². The highest BCUT2D eigenvalue weighted by molar-refractivity contribution is 5.20. The van der Waals surface area contributed by atoms with E-state index in [1.165, 1.54) is 17.7 Å². The van der Waals surface area contributed by atoms with Gasteiger partial charge in [0, 0.05) is 12.6 Å². The fourth-order valence-corrected chi connectivity index (χ4v) is 1.60. The van der Waals surface area contributed by atoms with E-state index in [9.17, 15) is 4.39 Å². The minimum Gasteiger partial charge on any atom is -0.306 e. The summed E-state index contributed by atoms with van der Waals surface area (Å²) >= 11 is 0. The van der Waals surface area contributed by atoms with Crippen LogP contribution in [-0.4, -0.2) is 6.54 Å². The van der Waals surface area contributed by atoms with Gasteiger partial charge in [0.1, 0.15) is 5.82 Å². The lowest BCUT2D eigenvalue weighted by Gasteiger charge is -2.16. The lowest BCUT2D eigenvalue weighted by Crippen LogP contribution is -2.20. The van der Waals surface area contributed by atoms with Gasteiger partial charge in [-0.25, -0.2) is 4.39 Å². The molecule has 88 valence electrons. The van der Waals surface area contributed by atoms with Gasteiger partial charge < -0.3 is 5.32 Å². The Bertz CT molecular complexity index is 336. The topological polar surface area (TPSA) is 12.0 Å². The van der Waals surface area contributed by atoms with E-state index in [1.807, 2.05) is 12.1 Å². The van der Waals surface area contributed by atoms with Crippen molar-refractivity contribution < 1.29 is 4.39 Å². The van der Waals surface area contributed by atoms with Gasteiger partial charge in [0.2, 0.25) is 0 Å². The quantitative estimate of drug-likeness (QED) is 0.745. The first kappa shape index (κ1) is 12.9. The first-order chi connectivity index (χ1) is 7.63. The third-order valence-corrected chi connectivity index (χ3v) is 2.56. The van der Waals surface area contributed by atoms with Crippen LogP contribution in [0.4, 0.5) is 4.39 Å². The van der Waals surface area contributed by atoms with Crippen molar-refractivity contribution in [1.82, 2.24) is 5.32 Å². The van der Waals surface area contributed by atoms with Crippen molar-refractivity contribution in [2.75, 3.05) is 6.54 Å². The molecule has 16 heavy (non-hydrogen) atoms. The number of benzene rings is 1. The molecule has 0 spiro atoms. The molecule has 1 N–H and O–H groups in total. The Morgan fingerprint density at radius 2 is 1.94 bits per heavy atom. The average molecular weight is 221 g/mol. The Morgan fingerprint density at radius 1 is 1.31 bits per heavy atom. The van der Waals surface area contributed by atoms with Crippen LogP contribution in [0.1, 0.15) is 38.8 Å². The van der Waals surface area contributed by atoms with Crippen molar-refractivity contribution in [2.45, 2.75) is 33.2 Å². The van der Waals surface area contributed by atoms with Crippen LogP contribution < -0.4 is 5.32 Å². The summed E-state index contributed by atoms with van der Waals surface area (Å²) in [6.07, 6.45) is 3.16. The highest BCUT2D eigenvalue weighted by Crippen LogP contribution is 2.16. The molecule has 0 saturated heterocycles. The van der Waals surface area contributed by atoms with Crippen LogP contribution >= 0.6 is 0 Å². The summed E-state index contributed by atoms with van der Waals surface area (Å²) in [7, 11) is 0. The number of allylic oxidation sites excluding steroid dienone is 1. The molecule has 2 heteroatoms. The fourth-order valence-electron chi connectivity index (χ4n) is 1.60. The zero-order valence-corrected chi connectivity index (χ0v) is 10.3. The summed E-state index contributed by atoms with van der Waals surface area (Å²) < 4.78 is 12.8. The molecule has 0 saturated carbocycles. The highest BCUT2D eigenvalue weighted by atomic mass is 19.1. The Morgan fingerprint density at radius 3 is 2.44 bits per heavy atom. The number of hydrogen-bond acceptors (Lipinski definition) is 1. The van der Waals surface area contributed by atoms with Gasteiger partial charge in [0.05, 0.1) is 0 Å². The third-order valence-electron chi connectivity index (χ3n) is 2.56. The Labute approximate surface area is 97.4 Å². The molecule has 0 fully saturated rings. The first-order valence-corrected chi connectivity index (χ1v) is 5.75. The number of halogens is 1. The second-order valence-electron chi connectivity index (χ2n) is 4.20. The summed E-state index contributed by atoms with van der Waals surface area (Å²) in [4.78, 5) is 0. The summed E-state index contributed by atoms with van der Waals surface area (Å²) in [5, 5.41) is 3.44. The molecular formula is C14H20FN. The van der Waals surface area contributed by atoms with Gasteiger partial charge in [-0.3, -0.25) is 0 Å². The molecule has 0 aliphatic rings. The van der Waals surface area contributed by atoms with Crippen LogP contribution in [0.5, 0.6) is 0 Å². The Kier molecular flexibility index (Phi) is 5.20. The van der Waals surface area contributed by atoms with Gasteiger partial charge >= 0.3 is 0 Å². The van der Waals surface area contributed by atoms with Crippen molar-refractivity contribution in [2.24, 2.45) is 0 Å². The van der Waals surface area contributed by atoms with Gasteiger partial charge in [-0.05, 0) is 38.0 Å². The monoisotopic (exact) mass is 221 g/mol. The maximum atomic E-state index is 12.8. The predicted molar refractivity (Wildman–Crippen MR) is 66.9 cm³/mol. The van der Waals surface area contributed by atoms with E-state index in [2.05, 4.69) is 32.2 Å². The lowest BCUT2D eigenvalue weighted by molar-refractivity contribution is 0.548. The minimum absolute atomic E-state index is 0.178. The van der Waals surface area contributed by atoms with Crippen LogP contribution in [0, 0.1) is 5.82 Å². The zero-order chi connectivity index (χ0) is 12.0. The fraction of sp³-hybridized carbons (Fsp3) is 0.429. The molecule has 1 nitrogen and oxygen atoms in total. The molecule has 1 unspecified atom stereocenters. The maximum Gasteiger partial charge on any atom is 0.123 e. The number of rotatable bonds is 5. The summed E-state index contributed by atoms with van der Waals surface area (Å²) in [5.41, 5.74) is 2.45. The molecule has 0 heterocycles. The minimum atomic E-state index is -0.178. The van der Waals surface area contributed by atoms with E-state index < -0.39 is 0 Å². The van der Waals surface area contributed by atoms with E-state index in [1.54, 1.807) is 0 Å². The van der Waals surface area contributed by atoms with E-state index in [-0.39, 0.29) is 5.82 Å². The highest BCUT2D eigenvalue weighted by Gasteiger charge is 2.07. The summed E-state index contributed by atoms with van der Waals surface area (Å²) in [6, 6.07) is 7.02. The molecule has 0 radical (unpaired) electrons. The van der Waals surface area contributed by atoms with Crippen molar-refractivity contribution in [1.29, 1.82) is 0 Å². The Balaban J connectivity index is 2.60. The lowest BCUT2D eigenvalue weighted by atomic mass is 10.0. The second-order valence-corrected chi connectivity index (χ2v) is 4.20. The molecule has 0 bridgehead atoms. The van der Waals surface area contributed by atoms with Crippen molar-refractivity contribution in [3.63, 3.8) is 0 Å². The van der Waals surface area contributed by atoms with Crippen molar-refractivity contribution >= 4 is 0 Å². The third kappa shape index (κ3) is 4.15. The molecule has 0 amide bonds. The molecule has 1 aromatic rings. The second kappa shape index (κ2) is 6.44. The van der Waals surface area contributed by atoms with Gasteiger partial charge in [-0.1, -0.05) is 30.7 Å². The molecule has 0 aliphatic heterocycles. The predicted octanol–water partition coefficient (Wildman–Crippen LogP) is 3.83. The molecule has 1 rings (SSSR count). The van der Waals surface area contributed by atoms with Gasteiger partial charge in [-0.2, -0.15) is 0 Å². The van der Waals surface area contributed by atoms with Crippen molar-refractivity contribution in [3.8, 4) is 0 Å². The SMILES string of the molecule is CCC(NCC=C(C)C)c1ccc(F)cc1. The van der Waals surface area contributed by atoms with Crippen LogP contribution in [-0.2, 0) is 0 Å². The van der Waals surface area contributed by atoms with Crippen LogP contribution in [0.2, 0.25) is 0 Å². The largest absolute Gasteiger partial charge is 0.306 e. The molecule has 0 aromatic heterocycles. The average Bonchev–Trinajstić information content (AvgIpc) is 2.26. The molecule has 0 aliphatic carbocycles. The van der Waals surface area contributed by atoms with Crippen LogP contribution in [0.15, 0.2) is 35.9 Å². The van der Waals surface area contributed by atoms with Crippen LogP contribution in [0.25, 0.3) is 0 Å². The van der Waals surface area contributed by atoms with E-state index in [4.69, 9.17) is 0 Å². The smallest absolute Gasteiger partial charge is 0.123 e. The van der Waals surface area contributed by atoms with E-state index >= 15 is 0 Å². The van der Waals surface area contributed by atoms with Crippen molar-refractivity contribution in [3.05, 3.63) is 47.3 Å². The van der Waals surface area contributed by atoms with Gasteiger partial charge in [0.15, 0.2) is 0 Å². The maximum absolute atomic E-state index is 12.8. The zero-order valence-electron chi connectivity index (χ0n) is 10.3. The first-order valence-electron chi connectivity index (χ1n) is 5.75. The molecular weight excluding hydrogens is 201 g/mol. The van der Waals surface area contributed by atoms with Gasteiger partial charge in [0.25, 0.3) is 0 Å². The molecule has 1 aromatic carbocycles. The number of hydrogen-bond donors (Lipinski definition) is 1. The standard InChI is InChI=1S/C14H20FN/c1-4-14(16-10-9-11(2)3)12-5-7-13(15)8-6-12/h5-9,14,16H,4,10H2,1-3H3. The van der Waals surface area contributed by atoms with Crippen LogP contribution in [0.3, 0.4) is 0 Å². The van der Waals surface area contributed by atoms with E-state index in [0.717, 1.165) is 18.5 Å².